The molecule has 0 amide bonds. The molecular formula is C18H21N5O2. The molecule has 2 aromatic heterocycles. The molecule has 0 unspecified atom stereocenters. The summed E-state index contributed by atoms with van der Waals surface area (Å²) in [5.74, 6) is 0.592. The summed E-state index contributed by atoms with van der Waals surface area (Å²) in [6.45, 7) is 5.49. The maximum absolute atomic E-state index is 12.9. The van der Waals surface area contributed by atoms with E-state index in [1.165, 1.54) is 0 Å². The summed E-state index contributed by atoms with van der Waals surface area (Å²) >= 11 is 0. The van der Waals surface area contributed by atoms with E-state index in [0.29, 0.717) is 22.9 Å². The van der Waals surface area contributed by atoms with E-state index in [0.717, 1.165) is 19.3 Å². The lowest BCUT2D eigenvalue weighted by Crippen LogP contribution is -2.29. The molecule has 0 spiro atoms. The minimum atomic E-state index is -0.249. The van der Waals surface area contributed by atoms with Gasteiger partial charge >= 0.3 is 0 Å². The van der Waals surface area contributed by atoms with Crippen LogP contribution in [0.4, 0.5) is 11.5 Å². The summed E-state index contributed by atoms with van der Waals surface area (Å²) in [5.41, 5.74) is 1.53. The molecular weight excluding hydrogens is 318 g/mol. The van der Waals surface area contributed by atoms with E-state index in [9.17, 15) is 14.9 Å². The number of pyridine rings is 1. The summed E-state index contributed by atoms with van der Waals surface area (Å²) in [4.78, 5) is 31.4. The first kappa shape index (κ1) is 17.0. The number of nitriles is 1. The van der Waals surface area contributed by atoms with E-state index in [4.69, 9.17) is 0 Å². The molecule has 1 fully saturated rings. The van der Waals surface area contributed by atoms with Crippen molar-refractivity contribution in [1.82, 2.24) is 14.5 Å². The highest BCUT2D eigenvalue weighted by Crippen LogP contribution is 2.40. The molecule has 2 heterocycles. The molecule has 3 rings (SSSR count). The zero-order valence-corrected chi connectivity index (χ0v) is 14.6. The molecule has 0 aliphatic heterocycles. The molecule has 25 heavy (non-hydrogen) atoms. The van der Waals surface area contributed by atoms with Gasteiger partial charge in [-0.15, -0.1) is 0 Å². The Kier molecular flexibility index (Phi) is 4.45. The lowest BCUT2D eigenvalue weighted by molar-refractivity contribution is 0.419. The molecule has 7 heteroatoms. The quantitative estimate of drug-likeness (QED) is 0.871. The molecule has 0 aromatic carbocycles. The van der Waals surface area contributed by atoms with E-state index in [2.05, 4.69) is 15.3 Å². The second-order valence-corrected chi connectivity index (χ2v) is 6.56. The smallest absolute Gasteiger partial charge is 0.294 e. The first-order valence-electron chi connectivity index (χ1n) is 8.45. The van der Waals surface area contributed by atoms with Gasteiger partial charge in [0.2, 0.25) is 0 Å². The van der Waals surface area contributed by atoms with E-state index in [1.807, 2.05) is 13.0 Å². The predicted octanol–water partition coefficient (Wildman–Crippen LogP) is 2.52. The number of nitrogens with zero attached hydrogens (tertiary/aromatic N) is 3. The van der Waals surface area contributed by atoms with Crippen LogP contribution in [0.2, 0.25) is 0 Å². The van der Waals surface area contributed by atoms with E-state index in [1.54, 1.807) is 30.7 Å². The second kappa shape index (κ2) is 6.55. The Morgan fingerprint density at radius 3 is 2.76 bits per heavy atom. The number of nitrogens with one attached hydrogen (secondary N) is 2. The standard InChI is InChI=1S/C18H21N5O2/c1-4-15(12-5-6-12)23-9-13(8-19)21-16(18(23)25)22-14-7-10(2)17(24)20-11(14)3/h7,9,12,15H,4-6H2,1-3H3,(H,20,24)(H,21,22)/t15-/m1/s1. The van der Waals surface area contributed by atoms with Gasteiger partial charge in [0.15, 0.2) is 11.5 Å². The minimum absolute atomic E-state index is 0.0848. The van der Waals surface area contributed by atoms with Gasteiger partial charge in [-0.05, 0) is 45.1 Å². The molecule has 1 saturated carbocycles. The van der Waals surface area contributed by atoms with Gasteiger partial charge in [-0.1, -0.05) is 6.92 Å². The van der Waals surface area contributed by atoms with Crippen LogP contribution < -0.4 is 16.4 Å². The Labute approximate surface area is 145 Å². The van der Waals surface area contributed by atoms with Gasteiger partial charge < -0.3 is 14.9 Å². The Morgan fingerprint density at radius 1 is 1.44 bits per heavy atom. The molecule has 0 saturated heterocycles. The topological polar surface area (TPSA) is 104 Å². The Morgan fingerprint density at radius 2 is 2.16 bits per heavy atom. The van der Waals surface area contributed by atoms with Gasteiger partial charge in [0, 0.05) is 23.5 Å². The number of aromatic amines is 1. The number of H-pyrrole nitrogens is 1. The number of hydrogen-bond donors (Lipinski definition) is 2. The number of anilines is 2. The van der Waals surface area contributed by atoms with Crippen molar-refractivity contribution in [1.29, 1.82) is 5.26 Å². The van der Waals surface area contributed by atoms with E-state index in [-0.39, 0.29) is 28.7 Å². The molecule has 0 bridgehead atoms. The normalized spacial score (nSPS) is 14.8. The zero-order valence-electron chi connectivity index (χ0n) is 14.6. The molecule has 1 aliphatic carbocycles. The van der Waals surface area contributed by atoms with Crippen LogP contribution in [0, 0.1) is 31.1 Å². The van der Waals surface area contributed by atoms with Gasteiger partial charge in [0.25, 0.3) is 11.1 Å². The van der Waals surface area contributed by atoms with Crippen LogP contribution in [-0.2, 0) is 0 Å². The maximum Gasteiger partial charge on any atom is 0.294 e. The molecule has 130 valence electrons. The third-order valence-corrected chi connectivity index (χ3v) is 4.66. The summed E-state index contributed by atoms with van der Waals surface area (Å²) in [6.07, 6.45) is 4.59. The van der Waals surface area contributed by atoms with Gasteiger partial charge in [0.1, 0.15) is 6.07 Å². The van der Waals surface area contributed by atoms with Crippen LogP contribution in [0.15, 0.2) is 21.9 Å². The predicted molar refractivity (Wildman–Crippen MR) is 95.1 cm³/mol. The highest BCUT2D eigenvalue weighted by Gasteiger charge is 2.32. The Hall–Kier alpha value is -2.88. The molecule has 1 atom stereocenters. The third kappa shape index (κ3) is 3.33. The summed E-state index contributed by atoms with van der Waals surface area (Å²) in [7, 11) is 0. The van der Waals surface area contributed by atoms with Crippen LogP contribution in [-0.4, -0.2) is 14.5 Å². The van der Waals surface area contributed by atoms with Crippen LogP contribution >= 0.6 is 0 Å². The third-order valence-electron chi connectivity index (χ3n) is 4.66. The fourth-order valence-corrected chi connectivity index (χ4v) is 3.11. The van der Waals surface area contributed by atoms with Crippen molar-refractivity contribution in [2.45, 2.75) is 46.1 Å². The molecule has 2 aromatic rings. The van der Waals surface area contributed by atoms with E-state index >= 15 is 0 Å². The summed E-state index contributed by atoms with van der Waals surface area (Å²) in [6, 6.07) is 3.79. The average Bonchev–Trinajstić information content (AvgIpc) is 3.41. The molecule has 7 nitrogen and oxygen atoms in total. The summed E-state index contributed by atoms with van der Waals surface area (Å²) < 4.78 is 1.64. The minimum Gasteiger partial charge on any atom is -0.334 e. The van der Waals surface area contributed by atoms with Gasteiger partial charge in [-0.3, -0.25) is 9.59 Å². The fourth-order valence-electron chi connectivity index (χ4n) is 3.11. The van der Waals surface area contributed by atoms with Crippen molar-refractivity contribution in [2.24, 2.45) is 5.92 Å². The fraction of sp³-hybridized carbons (Fsp3) is 0.444. The van der Waals surface area contributed by atoms with E-state index < -0.39 is 0 Å². The number of rotatable bonds is 5. The molecule has 1 aliphatic rings. The average molecular weight is 339 g/mol. The van der Waals surface area contributed by atoms with Crippen LogP contribution in [0.1, 0.15) is 49.2 Å². The number of aryl methyl sites for hydroxylation is 2. The first-order chi connectivity index (χ1) is 11.9. The number of aromatic nitrogens is 3. The van der Waals surface area contributed by atoms with Crippen molar-refractivity contribution in [3.63, 3.8) is 0 Å². The highest BCUT2D eigenvalue weighted by molar-refractivity contribution is 5.59. The lowest BCUT2D eigenvalue weighted by atomic mass is 10.1. The second-order valence-electron chi connectivity index (χ2n) is 6.56. The molecule has 2 N–H and O–H groups in total. The van der Waals surface area contributed by atoms with Gasteiger partial charge in [-0.25, -0.2) is 4.98 Å². The zero-order chi connectivity index (χ0) is 18.1. The SMILES string of the molecule is CC[C@H](C1CC1)n1cc(C#N)nc(Nc2cc(C)c(=O)[nH]c2C)c1=O. The summed E-state index contributed by atoms with van der Waals surface area (Å²) in [5, 5.41) is 12.3. The Bertz CT molecular complexity index is 963. The van der Waals surface area contributed by atoms with Crippen LogP contribution in [0.25, 0.3) is 0 Å². The highest BCUT2D eigenvalue weighted by atomic mass is 16.1. The van der Waals surface area contributed by atoms with Gasteiger partial charge in [-0.2, -0.15) is 5.26 Å². The maximum atomic E-state index is 12.9. The van der Waals surface area contributed by atoms with Crippen molar-refractivity contribution < 1.29 is 0 Å². The molecule has 0 radical (unpaired) electrons. The van der Waals surface area contributed by atoms with Crippen molar-refractivity contribution in [3.05, 3.63) is 49.9 Å². The monoisotopic (exact) mass is 339 g/mol. The lowest BCUT2D eigenvalue weighted by Gasteiger charge is -2.19. The Balaban J connectivity index is 2.07. The first-order valence-corrected chi connectivity index (χ1v) is 8.45. The van der Waals surface area contributed by atoms with Crippen molar-refractivity contribution in [2.75, 3.05) is 5.32 Å². The van der Waals surface area contributed by atoms with Crippen LogP contribution in [0.5, 0.6) is 0 Å². The van der Waals surface area contributed by atoms with Crippen LogP contribution in [0.3, 0.4) is 0 Å². The largest absolute Gasteiger partial charge is 0.334 e. The van der Waals surface area contributed by atoms with Crippen molar-refractivity contribution >= 4 is 11.5 Å². The van der Waals surface area contributed by atoms with Crippen molar-refractivity contribution in [3.8, 4) is 6.07 Å². The van der Waals surface area contributed by atoms with Gasteiger partial charge in [0.05, 0.1) is 5.69 Å². The number of hydrogen-bond acceptors (Lipinski definition) is 5.